The maximum Gasteiger partial charge on any atom is 0.253 e. The lowest BCUT2D eigenvalue weighted by Crippen LogP contribution is -2.48. The zero-order chi connectivity index (χ0) is 19.9. The first-order chi connectivity index (χ1) is 13.6. The number of hydrogen-bond acceptors (Lipinski definition) is 3. The Hall–Kier alpha value is -2.82. The predicted molar refractivity (Wildman–Crippen MR) is 113 cm³/mol. The predicted octanol–water partition coefficient (Wildman–Crippen LogP) is 3.49. The van der Waals surface area contributed by atoms with E-state index in [1.165, 1.54) is 11.3 Å². The first kappa shape index (κ1) is 19.9. The Morgan fingerprint density at radius 1 is 0.964 bits per heavy atom. The molecule has 1 fully saturated rings. The third-order valence-corrected chi connectivity index (χ3v) is 5.14. The second-order valence-corrected chi connectivity index (χ2v) is 7.31. The van der Waals surface area contributed by atoms with Crippen LogP contribution in [0.1, 0.15) is 46.0 Å². The molecule has 1 heterocycles. The number of unbranched alkanes of at least 4 members (excludes halogenated alkanes) is 1. The number of aryl methyl sites for hydroxylation is 1. The summed E-state index contributed by atoms with van der Waals surface area (Å²) in [5.41, 5.74) is 3.69. The van der Waals surface area contributed by atoms with Crippen molar-refractivity contribution in [1.82, 2.24) is 10.2 Å². The van der Waals surface area contributed by atoms with E-state index in [2.05, 4.69) is 48.3 Å². The Labute approximate surface area is 167 Å². The second-order valence-electron chi connectivity index (χ2n) is 7.31. The Balaban J connectivity index is 1.55. The van der Waals surface area contributed by atoms with Gasteiger partial charge in [0.1, 0.15) is 0 Å². The second kappa shape index (κ2) is 9.40. The van der Waals surface area contributed by atoms with Crippen LogP contribution in [0.15, 0.2) is 48.5 Å². The molecular formula is C23H29N3O2. The average molecular weight is 380 g/mol. The van der Waals surface area contributed by atoms with Crippen LogP contribution in [0, 0.1) is 6.92 Å². The molecule has 0 spiro atoms. The van der Waals surface area contributed by atoms with Crippen LogP contribution in [0.3, 0.4) is 0 Å². The number of nitrogens with zero attached hydrogens (tertiary/aromatic N) is 2. The number of anilines is 1. The lowest BCUT2D eigenvalue weighted by molar-refractivity contribution is 0.0746. The fourth-order valence-electron chi connectivity index (χ4n) is 3.42. The number of amides is 2. The third-order valence-electron chi connectivity index (χ3n) is 5.14. The molecule has 148 valence electrons. The zero-order valence-corrected chi connectivity index (χ0v) is 16.8. The van der Waals surface area contributed by atoms with Gasteiger partial charge in [0, 0.05) is 49.5 Å². The number of carbonyl (C=O) groups excluding carboxylic acids is 2. The third kappa shape index (κ3) is 4.91. The summed E-state index contributed by atoms with van der Waals surface area (Å²) in [5, 5.41) is 2.90. The summed E-state index contributed by atoms with van der Waals surface area (Å²) in [5.74, 6) is -0.0546. The molecule has 2 aromatic carbocycles. The Morgan fingerprint density at radius 3 is 2.29 bits per heavy atom. The molecular weight excluding hydrogens is 350 g/mol. The molecule has 2 amide bonds. The van der Waals surface area contributed by atoms with E-state index in [4.69, 9.17) is 0 Å². The van der Waals surface area contributed by atoms with Gasteiger partial charge in [-0.15, -0.1) is 0 Å². The minimum Gasteiger partial charge on any atom is -0.368 e. The molecule has 0 atom stereocenters. The smallest absolute Gasteiger partial charge is 0.253 e. The molecule has 3 rings (SSSR count). The van der Waals surface area contributed by atoms with Gasteiger partial charge in [-0.2, -0.15) is 0 Å². The first-order valence-corrected chi connectivity index (χ1v) is 10.1. The summed E-state index contributed by atoms with van der Waals surface area (Å²) in [6, 6.07) is 15.4. The molecule has 5 nitrogen and oxygen atoms in total. The van der Waals surface area contributed by atoms with Gasteiger partial charge in [-0.05, 0) is 55.3 Å². The van der Waals surface area contributed by atoms with Gasteiger partial charge >= 0.3 is 0 Å². The van der Waals surface area contributed by atoms with Gasteiger partial charge < -0.3 is 15.1 Å². The average Bonchev–Trinajstić information content (AvgIpc) is 2.73. The Kier molecular flexibility index (Phi) is 6.69. The Morgan fingerprint density at radius 2 is 1.64 bits per heavy atom. The largest absolute Gasteiger partial charge is 0.368 e. The molecule has 0 unspecified atom stereocenters. The summed E-state index contributed by atoms with van der Waals surface area (Å²) < 4.78 is 0. The van der Waals surface area contributed by atoms with E-state index in [1.807, 2.05) is 4.90 Å². The lowest BCUT2D eigenvalue weighted by Gasteiger charge is -2.36. The van der Waals surface area contributed by atoms with E-state index >= 15 is 0 Å². The minimum atomic E-state index is -0.0841. The monoisotopic (exact) mass is 379 g/mol. The van der Waals surface area contributed by atoms with Crippen molar-refractivity contribution in [3.05, 3.63) is 65.2 Å². The molecule has 0 aromatic heterocycles. The van der Waals surface area contributed by atoms with Crippen molar-refractivity contribution in [2.75, 3.05) is 37.6 Å². The molecule has 1 aliphatic rings. The maximum atomic E-state index is 12.8. The van der Waals surface area contributed by atoms with Crippen molar-refractivity contribution in [1.29, 1.82) is 0 Å². The SMILES string of the molecule is CCCCNC(=O)c1ccc(C(=O)N2CCN(c3cccc(C)c3)CC2)cc1. The van der Waals surface area contributed by atoms with Crippen LogP contribution in [0.25, 0.3) is 0 Å². The number of nitrogens with one attached hydrogen (secondary N) is 1. The highest BCUT2D eigenvalue weighted by atomic mass is 16.2. The molecule has 0 aliphatic carbocycles. The van der Waals surface area contributed by atoms with Crippen molar-refractivity contribution >= 4 is 17.5 Å². The number of hydrogen-bond donors (Lipinski definition) is 1. The van der Waals surface area contributed by atoms with E-state index in [0.29, 0.717) is 30.8 Å². The minimum absolute atomic E-state index is 0.0295. The van der Waals surface area contributed by atoms with Crippen molar-refractivity contribution in [3.63, 3.8) is 0 Å². The molecule has 1 N–H and O–H groups in total. The summed E-state index contributed by atoms with van der Waals surface area (Å²) >= 11 is 0. The van der Waals surface area contributed by atoms with Gasteiger partial charge in [0.15, 0.2) is 0 Å². The molecule has 2 aromatic rings. The highest BCUT2D eigenvalue weighted by Gasteiger charge is 2.22. The van der Waals surface area contributed by atoms with Crippen LogP contribution in [-0.4, -0.2) is 49.4 Å². The van der Waals surface area contributed by atoms with E-state index in [9.17, 15) is 9.59 Å². The quantitative estimate of drug-likeness (QED) is 0.782. The topological polar surface area (TPSA) is 52.7 Å². The van der Waals surface area contributed by atoms with Crippen molar-refractivity contribution in [2.24, 2.45) is 0 Å². The van der Waals surface area contributed by atoms with E-state index in [0.717, 1.165) is 25.9 Å². The van der Waals surface area contributed by atoms with Gasteiger partial charge in [0.25, 0.3) is 11.8 Å². The van der Waals surface area contributed by atoms with E-state index in [1.54, 1.807) is 24.3 Å². The fraction of sp³-hybridized carbons (Fsp3) is 0.391. The van der Waals surface area contributed by atoms with Crippen molar-refractivity contribution in [2.45, 2.75) is 26.7 Å². The number of carbonyl (C=O) groups is 2. The van der Waals surface area contributed by atoms with Crippen LogP contribution in [0.4, 0.5) is 5.69 Å². The van der Waals surface area contributed by atoms with Crippen molar-refractivity contribution in [3.8, 4) is 0 Å². The summed E-state index contributed by atoms with van der Waals surface area (Å²) in [6.45, 7) is 7.92. The molecule has 28 heavy (non-hydrogen) atoms. The van der Waals surface area contributed by atoms with Crippen molar-refractivity contribution < 1.29 is 9.59 Å². The Bertz CT molecular complexity index is 809. The highest BCUT2D eigenvalue weighted by molar-refractivity contribution is 5.97. The van der Waals surface area contributed by atoms with Gasteiger partial charge in [-0.1, -0.05) is 25.5 Å². The molecule has 0 saturated carbocycles. The maximum absolute atomic E-state index is 12.8. The van der Waals surface area contributed by atoms with Gasteiger partial charge in [-0.3, -0.25) is 9.59 Å². The molecule has 0 bridgehead atoms. The van der Waals surface area contributed by atoms with Gasteiger partial charge in [-0.25, -0.2) is 0 Å². The molecule has 5 heteroatoms. The molecule has 1 saturated heterocycles. The van der Waals surface area contributed by atoms with E-state index in [-0.39, 0.29) is 11.8 Å². The van der Waals surface area contributed by atoms with Gasteiger partial charge in [0.2, 0.25) is 0 Å². The van der Waals surface area contributed by atoms with Crippen LogP contribution < -0.4 is 10.2 Å². The summed E-state index contributed by atoms with van der Waals surface area (Å²) in [6.07, 6.45) is 2.02. The standard InChI is InChI=1S/C23H29N3O2/c1-3-4-12-24-22(27)19-8-10-20(11-9-19)23(28)26-15-13-25(14-16-26)21-7-5-6-18(2)17-21/h5-11,17H,3-4,12-16H2,1-2H3,(H,24,27). The normalized spacial score (nSPS) is 14.1. The van der Waals surface area contributed by atoms with Crippen LogP contribution >= 0.6 is 0 Å². The number of piperazine rings is 1. The summed E-state index contributed by atoms with van der Waals surface area (Å²) in [4.78, 5) is 29.1. The van der Waals surface area contributed by atoms with Crippen LogP contribution in [0.2, 0.25) is 0 Å². The van der Waals surface area contributed by atoms with E-state index < -0.39 is 0 Å². The first-order valence-electron chi connectivity index (χ1n) is 10.1. The highest BCUT2D eigenvalue weighted by Crippen LogP contribution is 2.19. The van der Waals surface area contributed by atoms with Crippen LogP contribution in [0.5, 0.6) is 0 Å². The fourth-order valence-corrected chi connectivity index (χ4v) is 3.42. The summed E-state index contributed by atoms with van der Waals surface area (Å²) in [7, 11) is 0. The number of rotatable bonds is 6. The molecule has 1 aliphatic heterocycles. The zero-order valence-electron chi connectivity index (χ0n) is 16.8. The lowest BCUT2D eigenvalue weighted by atomic mass is 10.1. The van der Waals surface area contributed by atoms with Gasteiger partial charge in [0.05, 0.1) is 0 Å². The number of benzene rings is 2. The van der Waals surface area contributed by atoms with Crippen LogP contribution in [-0.2, 0) is 0 Å². The molecule has 0 radical (unpaired) electrons.